The van der Waals surface area contributed by atoms with E-state index in [1.165, 1.54) is 30.5 Å². The van der Waals surface area contributed by atoms with E-state index in [1.807, 2.05) is 12.1 Å². The molecule has 0 aliphatic carbocycles. The Morgan fingerprint density at radius 1 is 1.17 bits per heavy atom. The van der Waals surface area contributed by atoms with E-state index < -0.39 is 11.7 Å². The van der Waals surface area contributed by atoms with Crippen LogP contribution in [-0.4, -0.2) is 40.4 Å². The molecule has 0 spiro atoms. The van der Waals surface area contributed by atoms with Crippen LogP contribution < -0.4 is 5.32 Å². The van der Waals surface area contributed by atoms with Gasteiger partial charge >= 0.3 is 6.18 Å². The van der Waals surface area contributed by atoms with E-state index in [-0.39, 0.29) is 17.1 Å². The van der Waals surface area contributed by atoms with Crippen LogP contribution in [0.1, 0.15) is 42.4 Å². The van der Waals surface area contributed by atoms with Crippen LogP contribution in [0.3, 0.4) is 0 Å². The summed E-state index contributed by atoms with van der Waals surface area (Å²) in [5.41, 5.74) is 3.70. The van der Waals surface area contributed by atoms with Crippen LogP contribution in [0, 0.1) is 0 Å². The smallest absolute Gasteiger partial charge is 0.370 e. The standard InChI is InChI=1S/C27H28ClF3N4/c1-18(25-4-2-3-11-32-25)34-12-9-19(10-13-34)20-5-6-21-16-33-35(26(21)14-20)17-22-7-8-23(28)15-24(22)27(29,30)31/h5-9,14-16,25,32H,1-4,10-13,17H2/t25-/m1/s1. The SMILES string of the molecule is C=C([C@H]1CCCCN1)N1CC=C(c2ccc3cnn(Cc4ccc(Cl)cc4C(F)(F)F)c3c2)CC1. The first-order chi connectivity index (χ1) is 16.8. The Labute approximate surface area is 208 Å². The van der Waals surface area contributed by atoms with Crippen molar-refractivity contribution in [2.24, 2.45) is 0 Å². The van der Waals surface area contributed by atoms with Gasteiger partial charge < -0.3 is 10.2 Å². The molecule has 4 nitrogen and oxygen atoms in total. The molecule has 1 N–H and O–H groups in total. The predicted octanol–water partition coefficient (Wildman–Crippen LogP) is 6.50. The van der Waals surface area contributed by atoms with Crippen LogP contribution in [-0.2, 0) is 12.7 Å². The first kappa shape index (κ1) is 23.9. The van der Waals surface area contributed by atoms with Gasteiger partial charge in [-0.1, -0.05) is 48.9 Å². The van der Waals surface area contributed by atoms with Gasteiger partial charge in [-0.2, -0.15) is 18.3 Å². The van der Waals surface area contributed by atoms with Crippen molar-refractivity contribution in [3.63, 3.8) is 0 Å². The number of fused-ring (bicyclic) bond motifs is 1. The molecule has 5 rings (SSSR count). The second-order valence-electron chi connectivity index (χ2n) is 9.29. The van der Waals surface area contributed by atoms with Crippen LogP contribution in [0.5, 0.6) is 0 Å². The summed E-state index contributed by atoms with van der Waals surface area (Å²) in [6, 6.07) is 10.3. The molecule has 2 aliphatic heterocycles. The Hall–Kier alpha value is -2.77. The fourth-order valence-corrected chi connectivity index (χ4v) is 5.23. The second-order valence-corrected chi connectivity index (χ2v) is 9.73. The number of hydrogen-bond acceptors (Lipinski definition) is 3. The van der Waals surface area contributed by atoms with Crippen LogP contribution in [0.15, 0.2) is 60.9 Å². The molecule has 35 heavy (non-hydrogen) atoms. The number of piperidine rings is 1. The molecule has 8 heteroatoms. The van der Waals surface area contributed by atoms with E-state index in [9.17, 15) is 13.2 Å². The van der Waals surface area contributed by atoms with Crippen molar-refractivity contribution in [3.8, 4) is 0 Å². The Bertz CT molecular complexity index is 1270. The van der Waals surface area contributed by atoms with Crippen molar-refractivity contribution < 1.29 is 13.2 Å². The quantitative estimate of drug-likeness (QED) is 0.434. The molecule has 0 saturated carbocycles. The molecular formula is C27H28ClF3N4. The lowest BCUT2D eigenvalue weighted by molar-refractivity contribution is -0.138. The highest BCUT2D eigenvalue weighted by Gasteiger charge is 2.33. The Morgan fingerprint density at radius 2 is 2.03 bits per heavy atom. The number of halogens is 4. The van der Waals surface area contributed by atoms with Crippen LogP contribution in [0.25, 0.3) is 16.5 Å². The number of benzene rings is 2. The Balaban J connectivity index is 1.37. The van der Waals surface area contributed by atoms with Crippen LogP contribution in [0.2, 0.25) is 5.02 Å². The molecule has 3 heterocycles. The lowest BCUT2D eigenvalue weighted by Gasteiger charge is -2.36. The summed E-state index contributed by atoms with van der Waals surface area (Å²) in [7, 11) is 0. The number of nitrogens with one attached hydrogen (secondary N) is 1. The lowest BCUT2D eigenvalue weighted by Crippen LogP contribution is -2.42. The summed E-state index contributed by atoms with van der Waals surface area (Å²) in [5, 5.41) is 8.91. The molecule has 184 valence electrons. The van der Waals surface area contributed by atoms with E-state index in [1.54, 1.807) is 10.9 Å². The minimum Gasteiger partial charge on any atom is -0.370 e. The van der Waals surface area contributed by atoms with Gasteiger partial charge in [0, 0.05) is 35.2 Å². The van der Waals surface area contributed by atoms with E-state index in [0.29, 0.717) is 6.04 Å². The Kier molecular flexibility index (Phi) is 6.64. The fraction of sp³-hybridized carbons (Fsp3) is 0.370. The monoisotopic (exact) mass is 500 g/mol. The first-order valence-corrected chi connectivity index (χ1v) is 12.3. The molecule has 0 unspecified atom stereocenters. The predicted molar refractivity (Wildman–Crippen MR) is 134 cm³/mol. The maximum atomic E-state index is 13.6. The van der Waals surface area contributed by atoms with Gasteiger partial charge in [0.1, 0.15) is 0 Å². The Morgan fingerprint density at radius 3 is 2.74 bits per heavy atom. The van der Waals surface area contributed by atoms with E-state index >= 15 is 0 Å². The fourth-order valence-electron chi connectivity index (χ4n) is 5.06. The van der Waals surface area contributed by atoms with E-state index in [2.05, 4.69) is 34.0 Å². The number of rotatable bonds is 5. The number of hydrogen-bond donors (Lipinski definition) is 1. The molecule has 1 aromatic heterocycles. The second kappa shape index (κ2) is 9.70. The molecular weight excluding hydrogens is 473 g/mol. The van der Waals surface area contributed by atoms with Crippen molar-refractivity contribution in [2.75, 3.05) is 19.6 Å². The minimum atomic E-state index is -4.48. The van der Waals surface area contributed by atoms with Crippen molar-refractivity contribution >= 4 is 28.1 Å². The third-order valence-corrected chi connectivity index (χ3v) is 7.28. The van der Waals surface area contributed by atoms with Gasteiger partial charge in [0.2, 0.25) is 0 Å². The maximum Gasteiger partial charge on any atom is 0.416 e. The average Bonchev–Trinajstić information content (AvgIpc) is 3.26. The highest BCUT2D eigenvalue weighted by molar-refractivity contribution is 6.30. The summed E-state index contributed by atoms with van der Waals surface area (Å²) in [6.45, 7) is 7.12. The topological polar surface area (TPSA) is 33.1 Å². The molecule has 0 radical (unpaired) electrons. The average molecular weight is 501 g/mol. The number of alkyl halides is 3. The van der Waals surface area contributed by atoms with Crippen molar-refractivity contribution in [3.05, 3.63) is 82.7 Å². The molecule has 2 aromatic carbocycles. The third kappa shape index (κ3) is 5.11. The highest BCUT2D eigenvalue weighted by Crippen LogP contribution is 2.35. The molecule has 0 amide bonds. The summed E-state index contributed by atoms with van der Waals surface area (Å²) >= 11 is 5.84. The van der Waals surface area contributed by atoms with Gasteiger partial charge in [-0.3, -0.25) is 4.68 Å². The van der Waals surface area contributed by atoms with Gasteiger partial charge in [0.05, 0.1) is 23.8 Å². The maximum absolute atomic E-state index is 13.6. The number of nitrogens with zero attached hydrogens (tertiary/aromatic N) is 3. The van der Waals surface area contributed by atoms with Crippen LogP contribution in [0.4, 0.5) is 13.2 Å². The van der Waals surface area contributed by atoms with Gasteiger partial charge in [-0.15, -0.1) is 0 Å². The summed E-state index contributed by atoms with van der Waals surface area (Å²) in [6.07, 6.45) is 3.93. The molecule has 1 atom stereocenters. The van der Waals surface area contributed by atoms with Gasteiger partial charge in [-0.25, -0.2) is 0 Å². The zero-order valence-electron chi connectivity index (χ0n) is 19.4. The molecule has 1 saturated heterocycles. The van der Waals surface area contributed by atoms with Crippen molar-refractivity contribution in [1.82, 2.24) is 20.0 Å². The zero-order chi connectivity index (χ0) is 24.6. The summed E-state index contributed by atoms with van der Waals surface area (Å²) < 4.78 is 42.4. The van der Waals surface area contributed by atoms with Crippen LogP contribution >= 0.6 is 11.6 Å². The van der Waals surface area contributed by atoms with Gasteiger partial charge in [0.15, 0.2) is 0 Å². The van der Waals surface area contributed by atoms with Gasteiger partial charge in [-0.05, 0) is 60.7 Å². The largest absolute Gasteiger partial charge is 0.416 e. The summed E-state index contributed by atoms with van der Waals surface area (Å²) in [5.74, 6) is 0. The molecule has 1 fully saturated rings. The molecule has 3 aromatic rings. The minimum absolute atomic E-state index is 0.0139. The lowest BCUT2D eigenvalue weighted by atomic mass is 9.96. The van der Waals surface area contributed by atoms with Crippen molar-refractivity contribution in [1.29, 1.82) is 0 Å². The molecule has 0 bridgehead atoms. The normalized spacial score (nSPS) is 19.1. The van der Waals surface area contributed by atoms with Crippen molar-refractivity contribution in [2.45, 2.75) is 44.4 Å². The first-order valence-electron chi connectivity index (χ1n) is 12.0. The highest BCUT2D eigenvalue weighted by atomic mass is 35.5. The summed E-state index contributed by atoms with van der Waals surface area (Å²) in [4.78, 5) is 2.34. The number of aromatic nitrogens is 2. The molecule has 2 aliphatic rings. The van der Waals surface area contributed by atoms with E-state index in [0.717, 1.165) is 60.7 Å². The van der Waals surface area contributed by atoms with Gasteiger partial charge in [0.25, 0.3) is 0 Å². The van der Waals surface area contributed by atoms with E-state index in [4.69, 9.17) is 11.6 Å². The third-order valence-electron chi connectivity index (χ3n) is 7.04. The zero-order valence-corrected chi connectivity index (χ0v) is 20.2.